The van der Waals surface area contributed by atoms with Gasteiger partial charge in [-0.3, -0.25) is 0 Å². The van der Waals surface area contributed by atoms with Gasteiger partial charge in [0.25, 0.3) is 0 Å². The molecule has 1 aliphatic heterocycles. The molecule has 0 saturated carbocycles. The van der Waals surface area contributed by atoms with E-state index in [-0.39, 0.29) is 9.97 Å². The van der Waals surface area contributed by atoms with E-state index >= 15 is 0 Å². The Balaban J connectivity index is 2.72. The maximum atomic E-state index is 6.03. The third-order valence-corrected chi connectivity index (χ3v) is 5.98. The molecule has 10 N–H and O–H groups in total. The van der Waals surface area contributed by atoms with Crippen molar-refractivity contribution < 1.29 is 0 Å². The SMILES string of the molecule is Nc1c(N)c(N)c2c(c1N)PCC(N)C2I. The molecule has 0 aliphatic carbocycles. The Bertz CT molecular complexity index is 450. The highest BCUT2D eigenvalue weighted by atomic mass is 127. The lowest BCUT2D eigenvalue weighted by Crippen LogP contribution is -2.36. The van der Waals surface area contributed by atoms with Gasteiger partial charge in [-0.05, 0) is 6.16 Å². The monoisotopic (exact) mass is 351 g/mol. The van der Waals surface area contributed by atoms with Crippen molar-refractivity contribution in [2.45, 2.75) is 9.97 Å². The Morgan fingerprint density at radius 1 is 1.00 bits per heavy atom. The fraction of sp³-hybridized carbons (Fsp3) is 0.333. The average molecular weight is 351 g/mol. The number of nitrogens with two attached hydrogens (primary N) is 5. The number of alkyl halides is 1. The van der Waals surface area contributed by atoms with Crippen molar-refractivity contribution in [3.8, 4) is 0 Å². The number of hydrogen-bond donors (Lipinski definition) is 5. The van der Waals surface area contributed by atoms with E-state index in [4.69, 9.17) is 28.7 Å². The highest BCUT2D eigenvalue weighted by Crippen LogP contribution is 2.45. The number of rotatable bonds is 0. The van der Waals surface area contributed by atoms with Crippen LogP contribution in [0, 0.1) is 0 Å². The van der Waals surface area contributed by atoms with Crippen LogP contribution in [0.2, 0.25) is 0 Å². The van der Waals surface area contributed by atoms with Gasteiger partial charge in [0.1, 0.15) is 0 Å². The summed E-state index contributed by atoms with van der Waals surface area (Å²) in [5.74, 6) is 0. The quantitative estimate of drug-likeness (QED) is 0.196. The second-order valence-electron chi connectivity index (χ2n) is 3.89. The number of halogens is 1. The van der Waals surface area contributed by atoms with Gasteiger partial charge in [-0.2, -0.15) is 0 Å². The van der Waals surface area contributed by atoms with Gasteiger partial charge in [-0.25, -0.2) is 0 Å². The lowest BCUT2D eigenvalue weighted by molar-refractivity contribution is 0.749. The summed E-state index contributed by atoms with van der Waals surface area (Å²) in [5, 5.41) is 1.05. The molecule has 0 bridgehead atoms. The van der Waals surface area contributed by atoms with Crippen molar-refractivity contribution in [2.24, 2.45) is 5.73 Å². The van der Waals surface area contributed by atoms with Gasteiger partial charge in [0.15, 0.2) is 0 Å². The van der Waals surface area contributed by atoms with Gasteiger partial charge >= 0.3 is 0 Å². The summed E-state index contributed by atoms with van der Waals surface area (Å²) in [4.78, 5) is 0. The summed E-state index contributed by atoms with van der Waals surface area (Å²) in [6.45, 7) is 0. The molecule has 1 aromatic rings. The Labute approximate surface area is 109 Å². The molecule has 0 spiro atoms. The van der Waals surface area contributed by atoms with Crippen LogP contribution >= 0.6 is 31.2 Å². The van der Waals surface area contributed by atoms with Gasteiger partial charge in [-0.1, -0.05) is 31.2 Å². The van der Waals surface area contributed by atoms with E-state index in [2.05, 4.69) is 22.6 Å². The van der Waals surface area contributed by atoms with Crippen molar-refractivity contribution in [2.75, 3.05) is 29.1 Å². The van der Waals surface area contributed by atoms with Crippen LogP contribution in [0.5, 0.6) is 0 Å². The Morgan fingerprint density at radius 3 is 2.19 bits per heavy atom. The average Bonchev–Trinajstić information content (AvgIpc) is 2.27. The fourth-order valence-electron chi connectivity index (χ4n) is 1.86. The molecule has 1 aromatic carbocycles. The Kier molecular flexibility index (Phi) is 3.07. The summed E-state index contributed by atoms with van der Waals surface area (Å²) in [6.07, 6.45) is 0.924. The standard InChI is InChI=1S/C9H15IN5P/c10-4-2(11)1-16-9-3(4)5(12)6(13)7(14)8(9)15/h2,4,16H,1,11-15H2. The normalized spacial score (nSPS) is 25.6. The minimum Gasteiger partial charge on any atom is -0.397 e. The Morgan fingerprint density at radius 2 is 1.56 bits per heavy atom. The minimum atomic E-state index is 0.108. The molecule has 2 rings (SSSR count). The molecule has 5 nitrogen and oxygen atoms in total. The van der Waals surface area contributed by atoms with Crippen molar-refractivity contribution >= 4 is 59.2 Å². The zero-order chi connectivity index (χ0) is 12.0. The van der Waals surface area contributed by atoms with E-state index in [9.17, 15) is 0 Å². The molecule has 1 aliphatic rings. The second-order valence-corrected chi connectivity index (χ2v) is 6.49. The number of fused-ring (bicyclic) bond motifs is 1. The molecule has 0 radical (unpaired) electrons. The fourth-order valence-corrected chi connectivity index (χ4v) is 5.02. The van der Waals surface area contributed by atoms with E-state index < -0.39 is 0 Å². The first-order valence-corrected chi connectivity index (χ1v) is 7.29. The van der Waals surface area contributed by atoms with E-state index in [1.54, 1.807) is 0 Å². The van der Waals surface area contributed by atoms with Gasteiger partial charge in [-0.15, -0.1) is 0 Å². The molecule has 0 saturated heterocycles. The third-order valence-electron chi connectivity index (χ3n) is 2.87. The summed E-state index contributed by atoms with van der Waals surface area (Å²) < 4.78 is 0.152. The van der Waals surface area contributed by atoms with Crippen LogP contribution in [0.1, 0.15) is 9.49 Å². The maximum Gasteiger partial charge on any atom is 0.0809 e. The lowest BCUT2D eigenvalue weighted by atomic mass is 10.0. The smallest absolute Gasteiger partial charge is 0.0809 e. The zero-order valence-corrected chi connectivity index (χ0v) is 11.8. The van der Waals surface area contributed by atoms with Gasteiger partial charge < -0.3 is 28.7 Å². The van der Waals surface area contributed by atoms with Crippen LogP contribution in [-0.2, 0) is 0 Å². The lowest BCUT2D eigenvalue weighted by Gasteiger charge is -2.30. The minimum absolute atomic E-state index is 0.108. The van der Waals surface area contributed by atoms with Crippen LogP contribution in [0.3, 0.4) is 0 Å². The molecule has 0 fully saturated rings. The molecule has 88 valence electrons. The first-order chi connectivity index (χ1) is 7.45. The summed E-state index contributed by atoms with van der Waals surface area (Å²) in [6, 6.07) is 0.108. The van der Waals surface area contributed by atoms with Gasteiger partial charge in [0.05, 0.1) is 26.7 Å². The van der Waals surface area contributed by atoms with Crippen LogP contribution in [0.4, 0.5) is 22.7 Å². The first kappa shape index (κ1) is 12.0. The predicted octanol–water partition coefficient (Wildman–Crippen LogP) is 0.136. The van der Waals surface area contributed by atoms with E-state index in [0.29, 0.717) is 31.3 Å². The molecular weight excluding hydrogens is 336 g/mol. The molecule has 1 heterocycles. The predicted molar refractivity (Wildman–Crippen MR) is 81.6 cm³/mol. The van der Waals surface area contributed by atoms with Crippen molar-refractivity contribution in [1.29, 1.82) is 0 Å². The maximum absolute atomic E-state index is 6.03. The molecule has 7 heteroatoms. The molecule has 16 heavy (non-hydrogen) atoms. The largest absolute Gasteiger partial charge is 0.397 e. The highest BCUT2D eigenvalue weighted by molar-refractivity contribution is 14.1. The van der Waals surface area contributed by atoms with E-state index in [1.165, 1.54) is 0 Å². The third kappa shape index (κ3) is 1.59. The van der Waals surface area contributed by atoms with Crippen LogP contribution in [0.15, 0.2) is 0 Å². The molecular formula is C9H15IN5P. The summed E-state index contributed by atoms with van der Waals surface area (Å²) >= 11 is 2.29. The highest BCUT2D eigenvalue weighted by Gasteiger charge is 2.30. The Hall–Kier alpha value is -0.460. The number of anilines is 4. The molecule has 0 amide bonds. The molecule has 3 atom stereocenters. The zero-order valence-electron chi connectivity index (χ0n) is 8.63. The van der Waals surface area contributed by atoms with Crippen molar-refractivity contribution in [3.05, 3.63) is 5.56 Å². The van der Waals surface area contributed by atoms with Crippen LogP contribution in [-0.4, -0.2) is 12.2 Å². The van der Waals surface area contributed by atoms with E-state index in [0.717, 1.165) is 17.0 Å². The van der Waals surface area contributed by atoms with Crippen molar-refractivity contribution in [1.82, 2.24) is 0 Å². The molecule has 3 unspecified atom stereocenters. The van der Waals surface area contributed by atoms with Gasteiger partial charge in [0, 0.05) is 16.9 Å². The number of benzene rings is 1. The van der Waals surface area contributed by atoms with Gasteiger partial charge in [0.2, 0.25) is 0 Å². The summed E-state index contributed by atoms with van der Waals surface area (Å²) in [7, 11) is 0.557. The number of hydrogen-bond acceptors (Lipinski definition) is 5. The summed E-state index contributed by atoms with van der Waals surface area (Å²) in [5.41, 5.74) is 32.6. The molecule has 0 aromatic heterocycles. The van der Waals surface area contributed by atoms with E-state index in [1.807, 2.05) is 0 Å². The number of nitrogen functional groups attached to an aromatic ring is 4. The first-order valence-electron chi connectivity index (χ1n) is 4.84. The topological polar surface area (TPSA) is 130 Å². The van der Waals surface area contributed by atoms with Crippen LogP contribution in [0.25, 0.3) is 0 Å². The van der Waals surface area contributed by atoms with Crippen molar-refractivity contribution in [3.63, 3.8) is 0 Å². The van der Waals surface area contributed by atoms with Crippen LogP contribution < -0.4 is 34.0 Å². The second kappa shape index (κ2) is 4.09.